The second kappa shape index (κ2) is 12.1. The lowest BCUT2D eigenvalue weighted by molar-refractivity contribution is 0.0989. The molecule has 1 amide bonds. The zero-order valence-corrected chi connectivity index (χ0v) is 20.0. The fourth-order valence-electron chi connectivity index (χ4n) is 4.29. The number of benzene rings is 1. The Bertz CT molecular complexity index is 1010. The van der Waals surface area contributed by atoms with Crippen LogP contribution in [0.4, 0.5) is 11.5 Å². The van der Waals surface area contributed by atoms with E-state index in [1.807, 2.05) is 48.2 Å². The van der Waals surface area contributed by atoms with Crippen molar-refractivity contribution in [3.05, 3.63) is 84.4 Å². The summed E-state index contributed by atoms with van der Waals surface area (Å²) in [4.78, 5) is 25.6. The molecule has 1 aliphatic rings. The van der Waals surface area contributed by atoms with E-state index in [1.165, 1.54) is 17.5 Å². The summed E-state index contributed by atoms with van der Waals surface area (Å²) in [6.45, 7) is 8.19. The number of hydrogen-bond acceptors (Lipinski definition) is 5. The number of rotatable bonds is 10. The molecule has 1 aromatic carbocycles. The number of carbonyl (C=O) groups is 1. The molecule has 3 rings (SSSR count). The first-order valence-corrected chi connectivity index (χ1v) is 11.6. The predicted octanol–water partition coefficient (Wildman–Crippen LogP) is 4.42. The maximum absolute atomic E-state index is 13.3. The number of anilines is 2. The van der Waals surface area contributed by atoms with Gasteiger partial charge in [0.05, 0.1) is 0 Å². The SMILES string of the molecule is C=C/C=C\C(=C/C)C(CCNC)CCc1cccc(N2CCN(C)c3ncncc3C2=O)c1. The summed E-state index contributed by atoms with van der Waals surface area (Å²) < 4.78 is 0. The van der Waals surface area contributed by atoms with Gasteiger partial charge in [0.25, 0.3) is 5.91 Å². The van der Waals surface area contributed by atoms with E-state index in [0.29, 0.717) is 30.4 Å². The number of allylic oxidation sites excluding steroid dienone is 5. The van der Waals surface area contributed by atoms with Crippen LogP contribution in [-0.4, -0.2) is 49.6 Å². The smallest absolute Gasteiger partial charge is 0.263 e. The lowest BCUT2D eigenvalue weighted by Gasteiger charge is -2.22. The lowest BCUT2D eigenvalue weighted by atomic mass is 9.88. The van der Waals surface area contributed by atoms with Crippen LogP contribution in [0.1, 0.15) is 35.7 Å². The van der Waals surface area contributed by atoms with Crippen molar-refractivity contribution < 1.29 is 4.79 Å². The molecule has 1 aromatic heterocycles. The molecule has 0 radical (unpaired) electrons. The van der Waals surface area contributed by atoms with Crippen molar-refractivity contribution in [3.8, 4) is 0 Å². The van der Waals surface area contributed by atoms with Crippen LogP contribution in [-0.2, 0) is 6.42 Å². The maximum atomic E-state index is 13.3. The highest BCUT2D eigenvalue weighted by Crippen LogP contribution is 2.27. The van der Waals surface area contributed by atoms with Gasteiger partial charge in [-0.15, -0.1) is 0 Å². The van der Waals surface area contributed by atoms with Crippen molar-refractivity contribution in [2.75, 3.05) is 43.5 Å². The van der Waals surface area contributed by atoms with Crippen molar-refractivity contribution in [1.82, 2.24) is 15.3 Å². The van der Waals surface area contributed by atoms with Gasteiger partial charge in [0.1, 0.15) is 17.7 Å². The summed E-state index contributed by atoms with van der Waals surface area (Å²) in [5.74, 6) is 1.09. The van der Waals surface area contributed by atoms with Gasteiger partial charge in [-0.3, -0.25) is 4.79 Å². The quantitative estimate of drug-likeness (QED) is 0.549. The summed E-state index contributed by atoms with van der Waals surface area (Å²) in [5, 5.41) is 3.28. The first-order chi connectivity index (χ1) is 16.1. The second-order valence-corrected chi connectivity index (χ2v) is 8.32. The van der Waals surface area contributed by atoms with Crippen LogP contribution in [0, 0.1) is 5.92 Å². The first-order valence-electron chi connectivity index (χ1n) is 11.6. The van der Waals surface area contributed by atoms with Crippen molar-refractivity contribution in [2.24, 2.45) is 5.92 Å². The monoisotopic (exact) mass is 445 g/mol. The number of fused-ring (bicyclic) bond motifs is 1. The molecule has 0 bridgehead atoms. The zero-order valence-electron chi connectivity index (χ0n) is 20.0. The normalized spacial score (nSPS) is 15.5. The fraction of sp³-hybridized carbons (Fsp3) is 0.370. The summed E-state index contributed by atoms with van der Waals surface area (Å²) in [7, 11) is 3.96. The number of hydrogen-bond donors (Lipinski definition) is 1. The van der Waals surface area contributed by atoms with Crippen molar-refractivity contribution in [1.29, 1.82) is 0 Å². The topological polar surface area (TPSA) is 61.4 Å². The molecular weight excluding hydrogens is 410 g/mol. The van der Waals surface area contributed by atoms with Crippen LogP contribution >= 0.6 is 0 Å². The molecule has 0 saturated carbocycles. The van der Waals surface area contributed by atoms with Gasteiger partial charge in [0.2, 0.25) is 0 Å². The lowest BCUT2D eigenvalue weighted by Crippen LogP contribution is -2.33. The molecule has 1 aliphatic heterocycles. The number of nitrogens with one attached hydrogen (secondary N) is 1. The van der Waals surface area contributed by atoms with Crippen LogP contribution in [0.25, 0.3) is 0 Å². The molecule has 1 N–H and O–H groups in total. The molecule has 0 fully saturated rings. The average Bonchev–Trinajstić information content (AvgIpc) is 2.97. The fourth-order valence-corrected chi connectivity index (χ4v) is 4.29. The Morgan fingerprint density at radius 3 is 2.91 bits per heavy atom. The highest BCUT2D eigenvalue weighted by atomic mass is 16.2. The van der Waals surface area contributed by atoms with E-state index in [4.69, 9.17) is 0 Å². The number of likely N-dealkylation sites (N-methyl/N-ethyl adjacent to an activating group) is 1. The van der Waals surface area contributed by atoms with E-state index in [1.54, 1.807) is 6.20 Å². The molecule has 174 valence electrons. The van der Waals surface area contributed by atoms with Crippen LogP contribution in [0.3, 0.4) is 0 Å². The minimum atomic E-state index is -0.0511. The third-order valence-corrected chi connectivity index (χ3v) is 6.16. The molecular formula is C27H35N5O. The molecule has 0 saturated heterocycles. The van der Waals surface area contributed by atoms with Crippen molar-refractivity contribution in [2.45, 2.75) is 26.2 Å². The Balaban J connectivity index is 1.78. The van der Waals surface area contributed by atoms with Gasteiger partial charge in [0.15, 0.2) is 0 Å². The third kappa shape index (κ3) is 6.17. The van der Waals surface area contributed by atoms with Crippen LogP contribution in [0.2, 0.25) is 0 Å². The minimum Gasteiger partial charge on any atom is -0.357 e. The van der Waals surface area contributed by atoms with Crippen LogP contribution in [0.15, 0.2) is 73.2 Å². The molecule has 2 aromatic rings. The minimum absolute atomic E-state index is 0.0511. The number of aromatic nitrogens is 2. The molecule has 2 heterocycles. The van der Waals surface area contributed by atoms with E-state index >= 15 is 0 Å². The molecule has 6 nitrogen and oxygen atoms in total. The van der Waals surface area contributed by atoms with Gasteiger partial charge in [-0.05, 0) is 69.0 Å². The zero-order chi connectivity index (χ0) is 23.6. The summed E-state index contributed by atoms with van der Waals surface area (Å²) in [6, 6.07) is 8.36. The molecule has 1 atom stereocenters. The largest absolute Gasteiger partial charge is 0.357 e. The van der Waals surface area contributed by atoms with Crippen LogP contribution < -0.4 is 15.1 Å². The van der Waals surface area contributed by atoms with Crippen LogP contribution in [0.5, 0.6) is 0 Å². The van der Waals surface area contributed by atoms with Gasteiger partial charge in [-0.2, -0.15) is 0 Å². The molecule has 33 heavy (non-hydrogen) atoms. The summed E-state index contributed by atoms with van der Waals surface area (Å²) in [5.41, 5.74) is 4.04. The first kappa shape index (κ1) is 24.4. The van der Waals surface area contributed by atoms with Gasteiger partial charge in [-0.1, -0.05) is 43.0 Å². The average molecular weight is 446 g/mol. The third-order valence-electron chi connectivity index (χ3n) is 6.16. The standard InChI is InChI=1S/C27H35N5O/c1-5-7-10-22(6-2)23(14-15-28-3)13-12-21-9-8-11-24(18-21)32-17-16-31(4)26-25(27(32)33)19-29-20-30-26/h5-11,18-20,23,28H,1,12-17H2,2-4H3/b10-7-,22-6+. The van der Waals surface area contributed by atoms with E-state index < -0.39 is 0 Å². The number of carbonyl (C=O) groups excluding carboxylic acids is 1. The van der Waals surface area contributed by atoms with E-state index in [9.17, 15) is 4.79 Å². The van der Waals surface area contributed by atoms with E-state index in [2.05, 4.69) is 53.1 Å². The van der Waals surface area contributed by atoms with Gasteiger partial charge >= 0.3 is 0 Å². The molecule has 0 aliphatic carbocycles. The Kier molecular flexibility index (Phi) is 8.95. The highest BCUT2D eigenvalue weighted by Gasteiger charge is 2.27. The van der Waals surface area contributed by atoms with E-state index in [0.717, 1.165) is 31.5 Å². The van der Waals surface area contributed by atoms with E-state index in [-0.39, 0.29) is 5.91 Å². The highest BCUT2D eigenvalue weighted by molar-refractivity contribution is 6.09. The number of amides is 1. The maximum Gasteiger partial charge on any atom is 0.263 e. The molecule has 0 spiro atoms. The Morgan fingerprint density at radius 1 is 1.30 bits per heavy atom. The number of nitrogens with zero attached hydrogens (tertiary/aromatic N) is 4. The second-order valence-electron chi connectivity index (χ2n) is 8.32. The molecule has 1 unspecified atom stereocenters. The van der Waals surface area contributed by atoms with Gasteiger partial charge in [-0.25, -0.2) is 9.97 Å². The Hall–Kier alpha value is -3.25. The number of aryl methyl sites for hydroxylation is 1. The predicted molar refractivity (Wildman–Crippen MR) is 137 cm³/mol. The van der Waals surface area contributed by atoms with Gasteiger partial charge in [0, 0.05) is 32.0 Å². The Morgan fingerprint density at radius 2 is 2.15 bits per heavy atom. The van der Waals surface area contributed by atoms with Crippen molar-refractivity contribution >= 4 is 17.4 Å². The molecule has 6 heteroatoms. The summed E-state index contributed by atoms with van der Waals surface area (Å²) in [6.07, 6.45) is 14.4. The van der Waals surface area contributed by atoms with Crippen molar-refractivity contribution in [3.63, 3.8) is 0 Å². The summed E-state index contributed by atoms with van der Waals surface area (Å²) >= 11 is 0. The Labute approximate surface area is 197 Å². The van der Waals surface area contributed by atoms with Gasteiger partial charge < -0.3 is 15.1 Å².